The molecule has 0 saturated carbocycles. The van der Waals surface area contributed by atoms with Gasteiger partial charge in [0.2, 0.25) is 0 Å². The van der Waals surface area contributed by atoms with Gasteiger partial charge in [0.1, 0.15) is 0 Å². The van der Waals surface area contributed by atoms with Crippen molar-refractivity contribution in [1.82, 2.24) is 0 Å². The van der Waals surface area contributed by atoms with E-state index in [1.165, 1.54) is 10.8 Å². The molecule has 0 saturated heterocycles. The topological polar surface area (TPSA) is 0 Å². The van der Waals surface area contributed by atoms with E-state index in [9.17, 15) is 0 Å². The summed E-state index contributed by atoms with van der Waals surface area (Å²) in [7, 11) is 0. The van der Waals surface area contributed by atoms with Gasteiger partial charge >= 0.3 is 0 Å². The maximum atomic E-state index is 2.27. The lowest BCUT2D eigenvalue weighted by Gasteiger charge is -1.95. The Morgan fingerprint density at radius 1 is 1.20 bits per heavy atom. The van der Waals surface area contributed by atoms with Gasteiger partial charge in [-0.25, -0.2) is 0 Å². The number of rotatable bonds is 2. The van der Waals surface area contributed by atoms with E-state index in [-0.39, 0.29) is 15.2 Å². The van der Waals surface area contributed by atoms with Gasteiger partial charge in [0.05, 0.1) is 0 Å². The summed E-state index contributed by atoms with van der Waals surface area (Å²) >= 11 is 0.0830. The lowest BCUT2D eigenvalue weighted by atomic mass is 10.2. The minimum absolute atomic E-state index is 0.0830. The summed E-state index contributed by atoms with van der Waals surface area (Å²) in [5.74, 6) is 0. The molecule has 0 aliphatic rings. The standard InChI is InChI=1S/C7H7.C2H5.Al.H/c1-7-5-3-2-4-6-7;1-2;;/h3-6H,1H3;1H2,2H3;;. The van der Waals surface area contributed by atoms with Gasteiger partial charge in [-0.3, -0.25) is 0 Å². The van der Waals surface area contributed by atoms with Crippen LogP contribution in [0, 0.1) is 6.92 Å². The fraction of sp³-hybridized carbons (Fsp3) is 0.333. The molecular weight excluding hydrogens is 135 g/mol. The van der Waals surface area contributed by atoms with E-state index in [4.69, 9.17) is 0 Å². The summed E-state index contributed by atoms with van der Waals surface area (Å²) in [6.07, 6.45) is 0. The summed E-state index contributed by atoms with van der Waals surface area (Å²) in [5.41, 5.74) is 1.37. The summed E-state index contributed by atoms with van der Waals surface area (Å²) < 4.78 is 1.59. The Morgan fingerprint density at radius 2 is 1.80 bits per heavy atom. The highest BCUT2D eigenvalue weighted by Gasteiger charge is 1.92. The maximum absolute atomic E-state index is 2.27. The van der Waals surface area contributed by atoms with E-state index in [2.05, 4.69) is 38.1 Å². The summed E-state index contributed by atoms with van der Waals surface area (Å²) in [5, 5.41) is 1.38. The van der Waals surface area contributed by atoms with Crippen LogP contribution in [0.3, 0.4) is 0 Å². The lowest BCUT2D eigenvalue weighted by molar-refractivity contribution is 1.45. The molecule has 1 heteroatoms. The van der Waals surface area contributed by atoms with Crippen LogP contribution in [-0.2, 0) is 0 Å². The van der Waals surface area contributed by atoms with Gasteiger partial charge in [0, 0.05) is 0 Å². The van der Waals surface area contributed by atoms with Crippen LogP contribution < -0.4 is 4.43 Å². The fourth-order valence-corrected chi connectivity index (χ4v) is 2.19. The molecule has 0 atom stereocenters. The number of hydrogen-bond donors (Lipinski definition) is 0. The van der Waals surface area contributed by atoms with Crippen LogP contribution in [0.2, 0.25) is 5.28 Å². The Labute approximate surface area is 69.0 Å². The first-order valence-electron chi connectivity index (χ1n) is 3.88. The van der Waals surface area contributed by atoms with Crippen molar-refractivity contribution in [2.75, 3.05) is 0 Å². The van der Waals surface area contributed by atoms with E-state index < -0.39 is 0 Å². The van der Waals surface area contributed by atoms with Crippen molar-refractivity contribution in [2.24, 2.45) is 0 Å². The highest BCUT2D eigenvalue weighted by molar-refractivity contribution is 6.53. The van der Waals surface area contributed by atoms with Crippen molar-refractivity contribution in [3.63, 3.8) is 0 Å². The van der Waals surface area contributed by atoms with E-state index in [1.807, 2.05) is 0 Å². The summed E-state index contributed by atoms with van der Waals surface area (Å²) in [6, 6.07) is 8.95. The smallest absolute Gasteiger partial charge is 0.116 e. The highest BCUT2D eigenvalue weighted by atomic mass is 27.1. The molecule has 1 aromatic rings. The Morgan fingerprint density at radius 3 is 2.30 bits per heavy atom. The maximum Gasteiger partial charge on any atom is 0.282 e. The van der Waals surface area contributed by atoms with Crippen LogP contribution in [0.15, 0.2) is 24.3 Å². The third-order valence-electron chi connectivity index (χ3n) is 1.66. The Hall–Kier alpha value is -0.248. The molecule has 0 aliphatic carbocycles. The number of benzene rings is 1. The van der Waals surface area contributed by atoms with Crippen LogP contribution in [0.4, 0.5) is 0 Å². The zero-order valence-electron chi connectivity index (χ0n) is 6.72. The van der Waals surface area contributed by atoms with E-state index in [0.717, 1.165) is 0 Å². The van der Waals surface area contributed by atoms with Crippen LogP contribution >= 0.6 is 0 Å². The third-order valence-corrected chi connectivity index (χ3v) is 3.21. The van der Waals surface area contributed by atoms with Crippen LogP contribution in [-0.4, -0.2) is 15.2 Å². The predicted molar refractivity (Wildman–Crippen MR) is 48.4 cm³/mol. The average molecular weight is 148 g/mol. The second-order valence-corrected chi connectivity index (χ2v) is 5.05. The van der Waals surface area contributed by atoms with Gasteiger partial charge in [-0.05, 0) is 6.92 Å². The highest BCUT2D eigenvalue weighted by Crippen LogP contribution is 1.92. The molecular formula is C9H13Al. The SMILES string of the molecule is C[CH2][AlH][c]1ccc(C)cc1. The van der Waals surface area contributed by atoms with Gasteiger partial charge in [0.25, 0.3) is 15.2 Å². The molecule has 0 unspecified atom stereocenters. The Bertz CT molecular complexity index is 188. The fourth-order valence-electron chi connectivity index (χ4n) is 1.04. The molecule has 1 aromatic carbocycles. The minimum Gasteiger partial charge on any atom is -0.116 e. The van der Waals surface area contributed by atoms with Crippen LogP contribution in [0.25, 0.3) is 0 Å². The van der Waals surface area contributed by atoms with E-state index in [1.54, 1.807) is 4.43 Å². The van der Waals surface area contributed by atoms with Crippen molar-refractivity contribution < 1.29 is 0 Å². The van der Waals surface area contributed by atoms with Gasteiger partial charge in [-0.15, -0.1) is 4.43 Å². The second kappa shape index (κ2) is 3.81. The lowest BCUT2D eigenvalue weighted by Crippen LogP contribution is -2.11. The van der Waals surface area contributed by atoms with Gasteiger partial charge in [-0.2, -0.15) is 0 Å². The molecule has 52 valence electrons. The van der Waals surface area contributed by atoms with Gasteiger partial charge in [-0.1, -0.05) is 42.0 Å². The molecule has 10 heavy (non-hydrogen) atoms. The molecule has 0 aliphatic heterocycles. The molecule has 0 heterocycles. The second-order valence-electron chi connectivity index (χ2n) is 2.74. The zero-order chi connectivity index (χ0) is 7.40. The first-order valence-corrected chi connectivity index (χ1v) is 5.59. The molecule has 0 radical (unpaired) electrons. The van der Waals surface area contributed by atoms with Crippen LogP contribution in [0.5, 0.6) is 0 Å². The van der Waals surface area contributed by atoms with Crippen molar-refractivity contribution >= 4 is 19.6 Å². The quantitative estimate of drug-likeness (QED) is 0.557. The van der Waals surface area contributed by atoms with E-state index >= 15 is 0 Å². The largest absolute Gasteiger partial charge is 0.282 e. The molecule has 0 aromatic heterocycles. The first-order chi connectivity index (χ1) is 4.83. The number of hydrogen-bond acceptors (Lipinski definition) is 0. The molecule has 0 bridgehead atoms. The van der Waals surface area contributed by atoms with Crippen molar-refractivity contribution in [3.8, 4) is 0 Å². The van der Waals surface area contributed by atoms with Crippen molar-refractivity contribution in [2.45, 2.75) is 19.1 Å². The Kier molecular flexibility index (Phi) is 2.99. The average Bonchev–Trinajstić information content (AvgIpc) is 1.95. The first kappa shape index (κ1) is 7.86. The molecule has 1 rings (SSSR count). The third kappa shape index (κ3) is 2.17. The predicted octanol–water partition coefficient (Wildman–Crippen LogP) is 1.50. The summed E-state index contributed by atoms with van der Waals surface area (Å²) in [6.45, 7) is 4.41. The van der Waals surface area contributed by atoms with Crippen molar-refractivity contribution in [3.05, 3.63) is 29.8 Å². The summed E-state index contributed by atoms with van der Waals surface area (Å²) in [4.78, 5) is 0. The molecule has 0 fully saturated rings. The molecule has 0 amide bonds. The normalized spacial score (nSPS) is 9.40. The van der Waals surface area contributed by atoms with E-state index in [0.29, 0.717) is 0 Å². The zero-order valence-corrected chi connectivity index (χ0v) is 8.14. The molecule has 0 N–H and O–H groups in total. The molecule has 0 spiro atoms. The van der Waals surface area contributed by atoms with Gasteiger partial charge < -0.3 is 0 Å². The van der Waals surface area contributed by atoms with Crippen molar-refractivity contribution in [1.29, 1.82) is 0 Å². The van der Waals surface area contributed by atoms with Gasteiger partial charge in [0.15, 0.2) is 0 Å². The Balaban J connectivity index is 2.69. The number of aryl methyl sites for hydroxylation is 1. The van der Waals surface area contributed by atoms with Crippen LogP contribution in [0.1, 0.15) is 12.5 Å². The monoisotopic (exact) mass is 148 g/mol. The molecule has 0 nitrogen and oxygen atoms in total. The minimum atomic E-state index is 0.0830.